The predicted octanol–water partition coefficient (Wildman–Crippen LogP) is -0.0188. The summed E-state index contributed by atoms with van der Waals surface area (Å²) in [5.41, 5.74) is 6.45. The molecule has 2 unspecified atom stereocenters. The Labute approximate surface area is 110 Å². The summed E-state index contributed by atoms with van der Waals surface area (Å²) in [7, 11) is 0. The van der Waals surface area contributed by atoms with Crippen LogP contribution < -0.4 is 16.3 Å². The van der Waals surface area contributed by atoms with Crippen LogP contribution in [0.2, 0.25) is 0 Å². The fraction of sp³-hybridized carbons (Fsp3) is 0.583. The van der Waals surface area contributed by atoms with Gasteiger partial charge in [-0.15, -0.1) is 0 Å². The number of fused-ring (bicyclic) bond motifs is 1. The topological polar surface area (TPSA) is 92.3 Å². The molecule has 0 amide bonds. The molecule has 102 valence electrons. The van der Waals surface area contributed by atoms with Crippen LogP contribution in [0.4, 0.5) is 5.82 Å². The Hall–Kier alpha value is -1.89. The Kier molecular flexibility index (Phi) is 2.98. The first-order valence-electron chi connectivity index (χ1n) is 6.62. The molecular weight excluding hydrogens is 244 g/mol. The standard InChI is InChI=1S/C12H18N6O/c1-2-8-6-17(4-3-9(8)13)10-5-11-15-16-12(19)18(11)7-14-10/h5,7-9H,2-4,6,13H2,1H3,(H,16,19). The van der Waals surface area contributed by atoms with Crippen LogP contribution in [-0.2, 0) is 0 Å². The average molecular weight is 262 g/mol. The van der Waals surface area contributed by atoms with Crippen LogP contribution in [0.25, 0.3) is 5.65 Å². The van der Waals surface area contributed by atoms with E-state index in [-0.39, 0.29) is 11.7 Å². The molecule has 0 radical (unpaired) electrons. The molecule has 0 bridgehead atoms. The summed E-state index contributed by atoms with van der Waals surface area (Å²) in [4.78, 5) is 17.9. The highest BCUT2D eigenvalue weighted by atomic mass is 16.1. The van der Waals surface area contributed by atoms with Crippen LogP contribution in [0.5, 0.6) is 0 Å². The zero-order chi connectivity index (χ0) is 13.4. The summed E-state index contributed by atoms with van der Waals surface area (Å²) >= 11 is 0. The predicted molar refractivity (Wildman–Crippen MR) is 72.2 cm³/mol. The zero-order valence-electron chi connectivity index (χ0n) is 10.9. The molecule has 3 rings (SSSR count). The van der Waals surface area contributed by atoms with Crippen molar-refractivity contribution in [1.29, 1.82) is 0 Å². The molecule has 1 aliphatic rings. The van der Waals surface area contributed by atoms with Crippen molar-refractivity contribution in [1.82, 2.24) is 19.6 Å². The summed E-state index contributed by atoms with van der Waals surface area (Å²) in [5.74, 6) is 1.35. The molecule has 1 saturated heterocycles. The van der Waals surface area contributed by atoms with Gasteiger partial charge in [-0.3, -0.25) is 0 Å². The van der Waals surface area contributed by atoms with E-state index >= 15 is 0 Å². The monoisotopic (exact) mass is 262 g/mol. The van der Waals surface area contributed by atoms with Crippen LogP contribution in [-0.4, -0.2) is 38.7 Å². The summed E-state index contributed by atoms with van der Waals surface area (Å²) in [6, 6.07) is 2.11. The molecule has 2 atom stereocenters. The van der Waals surface area contributed by atoms with Crippen molar-refractivity contribution >= 4 is 11.5 Å². The molecule has 0 spiro atoms. The zero-order valence-corrected chi connectivity index (χ0v) is 10.9. The molecule has 1 aliphatic heterocycles. The SMILES string of the molecule is CCC1CN(c2cc3n[nH]c(=O)n3cn2)CCC1N. The number of anilines is 1. The number of aromatic amines is 1. The van der Waals surface area contributed by atoms with E-state index in [2.05, 4.69) is 27.0 Å². The van der Waals surface area contributed by atoms with Crippen molar-refractivity contribution in [3.63, 3.8) is 0 Å². The highest BCUT2D eigenvalue weighted by Crippen LogP contribution is 2.23. The van der Waals surface area contributed by atoms with E-state index in [1.54, 1.807) is 0 Å². The highest BCUT2D eigenvalue weighted by Gasteiger charge is 2.26. The van der Waals surface area contributed by atoms with Gasteiger partial charge in [-0.25, -0.2) is 19.3 Å². The number of nitrogens with zero attached hydrogens (tertiary/aromatic N) is 4. The van der Waals surface area contributed by atoms with Gasteiger partial charge in [-0.1, -0.05) is 13.3 Å². The second-order valence-electron chi connectivity index (χ2n) is 5.07. The fourth-order valence-electron chi connectivity index (χ4n) is 2.66. The normalized spacial score (nSPS) is 24.0. The van der Waals surface area contributed by atoms with E-state index < -0.39 is 0 Å². The van der Waals surface area contributed by atoms with Gasteiger partial charge in [0.2, 0.25) is 0 Å². The number of piperidine rings is 1. The lowest BCUT2D eigenvalue weighted by Crippen LogP contribution is -2.47. The molecule has 3 N–H and O–H groups in total. The molecule has 1 fully saturated rings. The summed E-state index contributed by atoms with van der Waals surface area (Å²) < 4.78 is 1.40. The number of hydrogen-bond acceptors (Lipinski definition) is 5. The first-order valence-corrected chi connectivity index (χ1v) is 6.62. The van der Waals surface area contributed by atoms with Gasteiger partial charge in [-0.05, 0) is 12.3 Å². The van der Waals surface area contributed by atoms with E-state index in [9.17, 15) is 4.79 Å². The molecule has 0 saturated carbocycles. The van der Waals surface area contributed by atoms with Crippen LogP contribution in [0.15, 0.2) is 17.2 Å². The van der Waals surface area contributed by atoms with Crippen LogP contribution in [0.1, 0.15) is 19.8 Å². The lowest BCUT2D eigenvalue weighted by atomic mass is 9.91. The second-order valence-corrected chi connectivity index (χ2v) is 5.07. The number of H-pyrrole nitrogens is 1. The van der Waals surface area contributed by atoms with Gasteiger partial charge in [0, 0.05) is 25.2 Å². The Morgan fingerprint density at radius 1 is 1.58 bits per heavy atom. The Morgan fingerprint density at radius 3 is 3.21 bits per heavy atom. The van der Waals surface area contributed by atoms with Crippen molar-refractivity contribution in [2.45, 2.75) is 25.8 Å². The third kappa shape index (κ3) is 2.10. The van der Waals surface area contributed by atoms with Crippen molar-refractivity contribution in [2.24, 2.45) is 11.7 Å². The van der Waals surface area contributed by atoms with E-state index in [4.69, 9.17) is 5.73 Å². The van der Waals surface area contributed by atoms with E-state index in [1.807, 2.05) is 6.07 Å². The molecule has 19 heavy (non-hydrogen) atoms. The maximum absolute atomic E-state index is 11.4. The minimum Gasteiger partial charge on any atom is -0.356 e. The molecule has 7 heteroatoms. The van der Waals surface area contributed by atoms with Gasteiger partial charge in [-0.2, -0.15) is 5.10 Å². The second kappa shape index (κ2) is 4.65. The molecule has 0 aromatic carbocycles. The first-order chi connectivity index (χ1) is 9.19. The van der Waals surface area contributed by atoms with E-state index in [0.717, 1.165) is 31.7 Å². The van der Waals surface area contributed by atoms with Crippen molar-refractivity contribution in [3.8, 4) is 0 Å². The van der Waals surface area contributed by atoms with Crippen LogP contribution >= 0.6 is 0 Å². The lowest BCUT2D eigenvalue weighted by molar-refractivity contribution is 0.347. The van der Waals surface area contributed by atoms with Gasteiger partial charge in [0.25, 0.3) is 0 Å². The smallest absolute Gasteiger partial charge is 0.348 e. The Bertz CT molecular complexity index is 632. The number of nitrogens with one attached hydrogen (secondary N) is 1. The fourth-order valence-corrected chi connectivity index (χ4v) is 2.66. The lowest BCUT2D eigenvalue weighted by Gasteiger charge is -2.37. The molecule has 7 nitrogen and oxygen atoms in total. The summed E-state index contributed by atoms with van der Waals surface area (Å²) in [5, 5.41) is 6.37. The minimum absolute atomic E-state index is 0.263. The quantitative estimate of drug-likeness (QED) is 0.793. The number of rotatable bonds is 2. The minimum atomic E-state index is -0.263. The van der Waals surface area contributed by atoms with Gasteiger partial charge in [0.1, 0.15) is 12.1 Å². The number of nitrogens with two attached hydrogens (primary N) is 1. The molecule has 3 heterocycles. The van der Waals surface area contributed by atoms with Crippen molar-refractivity contribution in [2.75, 3.05) is 18.0 Å². The molecule has 2 aromatic rings. The molecular formula is C12H18N6O. The Balaban J connectivity index is 1.89. The van der Waals surface area contributed by atoms with Gasteiger partial charge in [0.05, 0.1) is 0 Å². The first kappa shape index (κ1) is 12.2. The van der Waals surface area contributed by atoms with Gasteiger partial charge >= 0.3 is 5.69 Å². The highest BCUT2D eigenvalue weighted by molar-refractivity contribution is 5.50. The maximum atomic E-state index is 11.4. The van der Waals surface area contributed by atoms with Crippen molar-refractivity contribution in [3.05, 3.63) is 22.9 Å². The summed E-state index contributed by atoms with van der Waals surface area (Å²) in [6.45, 7) is 3.98. The number of aromatic nitrogens is 4. The largest absolute Gasteiger partial charge is 0.356 e. The van der Waals surface area contributed by atoms with Gasteiger partial charge in [0.15, 0.2) is 5.65 Å². The number of hydrogen-bond donors (Lipinski definition) is 2. The van der Waals surface area contributed by atoms with Crippen LogP contribution in [0, 0.1) is 5.92 Å². The van der Waals surface area contributed by atoms with Crippen LogP contribution in [0.3, 0.4) is 0 Å². The maximum Gasteiger partial charge on any atom is 0.348 e. The molecule has 2 aromatic heterocycles. The van der Waals surface area contributed by atoms with E-state index in [0.29, 0.717) is 11.6 Å². The average Bonchev–Trinajstić information content (AvgIpc) is 2.80. The van der Waals surface area contributed by atoms with Crippen molar-refractivity contribution < 1.29 is 0 Å². The van der Waals surface area contributed by atoms with Gasteiger partial charge < -0.3 is 10.6 Å². The van der Waals surface area contributed by atoms with E-state index in [1.165, 1.54) is 10.7 Å². The summed E-state index contributed by atoms with van der Waals surface area (Å²) in [6.07, 6.45) is 3.56. The molecule has 0 aliphatic carbocycles. The Morgan fingerprint density at radius 2 is 2.42 bits per heavy atom. The third-order valence-corrected chi connectivity index (χ3v) is 3.94. The third-order valence-electron chi connectivity index (χ3n) is 3.94.